The summed E-state index contributed by atoms with van der Waals surface area (Å²) in [5.74, 6) is -1.06. The normalized spacial score (nSPS) is 10.9. The molecule has 0 heterocycles. The average molecular weight is 316 g/mol. The largest absolute Gasteiger partial charge is 1.00 e. The fraction of sp³-hybridized carbons (Fsp3) is 0.923. The summed E-state index contributed by atoms with van der Waals surface area (Å²) < 4.78 is 35.5. The van der Waals surface area contributed by atoms with Gasteiger partial charge in [0.15, 0.2) is 0 Å². The molecule has 0 amide bonds. The summed E-state index contributed by atoms with van der Waals surface area (Å²) in [6, 6.07) is 0. The van der Waals surface area contributed by atoms with Gasteiger partial charge >= 0.3 is 35.5 Å². The number of carbonyl (C=O) groups excluding carboxylic acids is 1. The van der Waals surface area contributed by atoms with E-state index < -0.39 is 21.8 Å². The standard InChI is InChI=1S/C13H26O5S.Na/c1-2-3-4-5-6-7-8-9-10-13(14)18-11-12-19(15,16)17;/h2-12H2,1H3,(H,15,16,17);/q;+1/p-1. The van der Waals surface area contributed by atoms with Gasteiger partial charge in [-0.25, -0.2) is 8.42 Å². The van der Waals surface area contributed by atoms with Crippen molar-refractivity contribution in [3.05, 3.63) is 0 Å². The molecule has 0 aromatic carbocycles. The molecule has 0 rings (SSSR count). The van der Waals surface area contributed by atoms with Crippen molar-refractivity contribution in [1.82, 2.24) is 0 Å². The van der Waals surface area contributed by atoms with Crippen LogP contribution in [0.25, 0.3) is 0 Å². The zero-order valence-corrected chi connectivity index (χ0v) is 15.5. The van der Waals surface area contributed by atoms with Gasteiger partial charge in [0, 0.05) is 6.42 Å². The third-order valence-electron chi connectivity index (χ3n) is 2.83. The molecule has 0 atom stereocenters. The minimum Gasteiger partial charge on any atom is -0.748 e. The summed E-state index contributed by atoms with van der Waals surface area (Å²) in [5, 5.41) is 0. The van der Waals surface area contributed by atoms with Crippen LogP contribution in [0.1, 0.15) is 64.7 Å². The zero-order chi connectivity index (χ0) is 14.6. The van der Waals surface area contributed by atoms with Gasteiger partial charge in [-0.15, -0.1) is 0 Å². The molecule has 20 heavy (non-hydrogen) atoms. The second-order valence-electron chi connectivity index (χ2n) is 4.71. The molecule has 0 aromatic rings. The third kappa shape index (κ3) is 18.4. The van der Waals surface area contributed by atoms with Gasteiger partial charge in [0.05, 0.1) is 15.9 Å². The minimum absolute atomic E-state index is 0. The number of hydrogen-bond donors (Lipinski definition) is 0. The maximum Gasteiger partial charge on any atom is 1.00 e. The van der Waals surface area contributed by atoms with E-state index in [1.165, 1.54) is 32.1 Å². The molecule has 0 aliphatic heterocycles. The van der Waals surface area contributed by atoms with Crippen molar-refractivity contribution >= 4 is 16.1 Å². The Bertz CT molecular complexity index is 330. The number of rotatable bonds is 12. The van der Waals surface area contributed by atoms with Crippen LogP contribution in [0, 0.1) is 0 Å². The van der Waals surface area contributed by atoms with Gasteiger partial charge in [-0.1, -0.05) is 51.9 Å². The van der Waals surface area contributed by atoms with E-state index in [2.05, 4.69) is 11.7 Å². The Morgan fingerprint density at radius 3 is 2.00 bits per heavy atom. The summed E-state index contributed by atoms with van der Waals surface area (Å²) in [6.07, 6.45) is 9.42. The molecule has 0 unspecified atom stereocenters. The van der Waals surface area contributed by atoms with Crippen LogP contribution >= 0.6 is 0 Å². The van der Waals surface area contributed by atoms with Crippen LogP contribution in [0.3, 0.4) is 0 Å². The third-order valence-corrected chi connectivity index (χ3v) is 3.50. The van der Waals surface area contributed by atoms with Gasteiger partial charge in [0.25, 0.3) is 0 Å². The first-order valence-corrected chi connectivity index (χ1v) is 8.62. The maximum atomic E-state index is 11.2. The van der Waals surface area contributed by atoms with Crippen molar-refractivity contribution in [3.63, 3.8) is 0 Å². The minimum atomic E-state index is -4.29. The predicted molar refractivity (Wildman–Crippen MR) is 72.8 cm³/mol. The van der Waals surface area contributed by atoms with Gasteiger partial charge in [0.1, 0.15) is 6.61 Å². The molecular formula is C13H25NaO5S. The number of ether oxygens (including phenoxy) is 1. The first-order valence-electron chi connectivity index (χ1n) is 7.05. The fourth-order valence-corrected chi connectivity index (χ4v) is 2.02. The molecule has 0 radical (unpaired) electrons. The summed E-state index contributed by atoms with van der Waals surface area (Å²) in [7, 11) is -4.29. The van der Waals surface area contributed by atoms with Crippen molar-refractivity contribution in [2.75, 3.05) is 12.4 Å². The first-order chi connectivity index (χ1) is 8.95. The molecule has 5 nitrogen and oxygen atoms in total. The van der Waals surface area contributed by atoms with Gasteiger partial charge in [-0.05, 0) is 6.42 Å². The Kier molecular flexibility index (Phi) is 16.2. The van der Waals surface area contributed by atoms with Gasteiger partial charge in [-0.2, -0.15) is 0 Å². The van der Waals surface area contributed by atoms with Crippen molar-refractivity contribution in [1.29, 1.82) is 0 Å². The Labute approximate surface area is 144 Å². The van der Waals surface area contributed by atoms with E-state index in [1.54, 1.807) is 0 Å². The molecule has 0 bridgehead atoms. The van der Waals surface area contributed by atoms with E-state index in [-0.39, 0.29) is 36.2 Å². The van der Waals surface area contributed by atoms with E-state index in [4.69, 9.17) is 0 Å². The van der Waals surface area contributed by atoms with Crippen molar-refractivity contribution in [2.45, 2.75) is 64.7 Å². The Morgan fingerprint density at radius 2 is 1.50 bits per heavy atom. The van der Waals surface area contributed by atoms with E-state index >= 15 is 0 Å². The zero-order valence-electron chi connectivity index (χ0n) is 12.7. The van der Waals surface area contributed by atoms with Crippen LogP contribution in [-0.2, 0) is 19.6 Å². The van der Waals surface area contributed by atoms with E-state index in [0.717, 1.165) is 19.3 Å². The van der Waals surface area contributed by atoms with Crippen LogP contribution in [0.2, 0.25) is 0 Å². The molecule has 7 heteroatoms. The summed E-state index contributed by atoms with van der Waals surface area (Å²) in [5.41, 5.74) is 0. The SMILES string of the molecule is CCCCCCCCCCC(=O)OCCS(=O)(=O)[O-].[Na+]. The molecule has 0 saturated heterocycles. The smallest absolute Gasteiger partial charge is 0.748 e. The first kappa shape index (κ1) is 22.7. The Balaban J connectivity index is 0. The van der Waals surface area contributed by atoms with Gasteiger partial charge in [-0.3, -0.25) is 4.79 Å². The Hall–Kier alpha value is 0.380. The molecule has 0 aliphatic carbocycles. The van der Waals surface area contributed by atoms with E-state index in [9.17, 15) is 17.8 Å². The molecule has 0 fully saturated rings. The molecule has 0 aliphatic rings. The average Bonchev–Trinajstić information content (AvgIpc) is 2.31. The predicted octanol–water partition coefficient (Wildman–Crippen LogP) is -0.390. The fourth-order valence-electron chi connectivity index (χ4n) is 1.73. The molecule has 0 aromatic heterocycles. The van der Waals surface area contributed by atoms with Gasteiger partial charge < -0.3 is 9.29 Å². The second-order valence-corrected chi connectivity index (χ2v) is 6.23. The van der Waals surface area contributed by atoms with Crippen molar-refractivity contribution < 1.29 is 52.1 Å². The molecule has 0 spiro atoms. The molecule has 114 valence electrons. The maximum absolute atomic E-state index is 11.2. The summed E-state index contributed by atoms with van der Waals surface area (Å²) in [6.45, 7) is 1.85. The van der Waals surface area contributed by atoms with Crippen LogP contribution < -0.4 is 29.6 Å². The van der Waals surface area contributed by atoms with E-state index in [0.29, 0.717) is 6.42 Å². The van der Waals surface area contributed by atoms with Gasteiger partial charge in [0.2, 0.25) is 0 Å². The van der Waals surface area contributed by atoms with Crippen LogP contribution in [0.5, 0.6) is 0 Å². The number of carbonyl (C=O) groups is 1. The second kappa shape index (κ2) is 14.3. The number of esters is 1. The van der Waals surface area contributed by atoms with Crippen molar-refractivity contribution in [3.8, 4) is 0 Å². The monoisotopic (exact) mass is 316 g/mol. The number of unbranched alkanes of at least 4 members (excludes halogenated alkanes) is 7. The summed E-state index contributed by atoms with van der Waals surface area (Å²) >= 11 is 0. The topological polar surface area (TPSA) is 83.5 Å². The summed E-state index contributed by atoms with van der Waals surface area (Å²) in [4.78, 5) is 11.2. The Morgan fingerprint density at radius 1 is 1.00 bits per heavy atom. The van der Waals surface area contributed by atoms with Crippen LogP contribution in [0.15, 0.2) is 0 Å². The molecular weight excluding hydrogens is 291 g/mol. The van der Waals surface area contributed by atoms with Crippen LogP contribution in [0.4, 0.5) is 0 Å². The molecule has 0 N–H and O–H groups in total. The van der Waals surface area contributed by atoms with E-state index in [1.807, 2.05) is 0 Å². The molecule has 0 saturated carbocycles. The van der Waals surface area contributed by atoms with Crippen molar-refractivity contribution in [2.24, 2.45) is 0 Å². The van der Waals surface area contributed by atoms with Crippen LogP contribution in [-0.4, -0.2) is 31.3 Å². The quantitative estimate of drug-likeness (QED) is 0.212. The number of hydrogen-bond acceptors (Lipinski definition) is 5.